The van der Waals surface area contributed by atoms with Gasteiger partial charge >= 0.3 is 0 Å². The maximum Gasteiger partial charge on any atom is 0.251 e. The quantitative estimate of drug-likeness (QED) is 0.899. The molecule has 1 N–H and O–H groups in total. The second-order valence-corrected chi connectivity index (χ2v) is 7.28. The van der Waals surface area contributed by atoms with E-state index in [0.717, 1.165) is 50.2 Å². The zero-order valence-electron chi connectivity index (χ0n) is 15.2. The third-order valence-corrected chi connectivity index (χ3v) is 5.37. The van der Waals surface area contributed by atoms with Gasteiger partial charge in [-0.15, -0.1) is 0 Å². The third-order valence-electron chi connectivity index (χ3n) is 5.37. The molecule has 4 rings (SSSR count). The number of carbonyl (C=O) groups excluding carboxylic acids is 2. The Hall–Kier alpha value is -2.70. The predicted octanol–water partition coefficient (Wildman–Crippen LogP) is 2.48. The first-order valence-electron chi connectivity index (χ1n) is 9.48. The molecule has 2 aromatic rings. The van der Waals surface area contributed by atoms with Gasteiger partial charge in [0.2, 0.25) is 5.91 Å². The number of aromatic nitrogens is 2. The van der Waals surface area contributed by atoms with Gasteiger partial charge in [0.1, 0.15) is 5.82 Å². The van der Waals surface area contributed by atoms with Gasteiger partial charge in [0.05, 0.1) is 24.5 Å². The average Bonchev–Trinajstić information content (AvgIpc) is 2.89. The largest absolute Gasteiger partial charge is 0.346 e. The molecule has 1 aliphatic heterocycles. The van der Waals surface area contributed by atoms with Crippen LogP contribution in [-0.2, 0) is 24.4 Å². The summed E-state index contributed by atoms with van der Waals surface area (Å²) >= 11 is 0. The summed E-state index contributed by atoms with van der Waals surface area (Å²) in [5.74, 6) is -0.165. The van der Waals surface area contributed by atoms with Crippen molar-refractivity contribution in [3.63, 3.8) is 0 Å². The van der Waals surface area contributed by atoms with E-state index in [1.54, 1.807) is 0 Å². The van der Waals surface area contributed by atoms with E-state index in [1.165, 1.54) is 24.3 Å². The molecule has 0 atom stereocenters. The number of hydrogen-bond donors (Lipinski definition) is 1. The molecule has 142 valence electrons. The fourth-order valence-electron chi connectivity index (χ4n) is 3.58. The smallest absolute Gasteiger partial charge is 0.251 e. The molecule has 6 nitrogen and oxygen atoms in total. The van der Waals surface area contributed by atoms with Crippen LogP contribution in [0.1, 0.15) is 47.4 Å². The molecular formula is C20H23FN4O2. The Balaban J connectivity index is 1.39. The van der Waals surface area contributed by atoms with Crippen LogP contribution < -0.4 is 5.32 Å². The topological polar surface area (TPSA) is 67.2 Å². The number of fused-ring (bicyclic) bond motifs is 1. The number of halogens is 1. The molecule has 1 fully saturated rings. The van der Waals surface area contributed by atoms with Crippen molar-refractivity contribution in [3.8, 4) is 0 Å². The zero-order valence-corrected chi connectivity index (χ0v) is 15.2. The summed E-state index contributed by atoms with van der Waals surface area (Å²) < 4.78 is 14.9. The van der Waals surface area contributed by atoms with Crippen molar-refractivity contribution >= 4 is 11.8 Å². The normalized spacial score (nSPS) is 17.0. The van der Waals surface area contributed by atoms with E-state index in [4.69, 9.17) is 0 Å². The van der Waals surface area contributed by atoms with E-state index in [1.807, 2.05) is 15.6 Å². The lowest BCUT2D eigenvalue weighted by Gasteiger charge is -2.30. The van der Waals surface area contributed by atoms with Crippen molar-refractivity contribution in [2.24, 2.45) is 5.92 Å². The van der Waals surface area contributed by atoms with E-state index in [-0.39, 0.29) is 23.5 Å². The van der Waals surface area contributed by atoms with Gasteiger partial charge in [0.25, 0.3) is 5.91 Å². The highest BCUT2D eigenvalue weighted by Gasteiger charge is 2.30. The van der Waals surface area contributed by atoms with Gasteiger partial charge in [-0.1, -0.05) is 6.42 Å². The summed E-state index contributed by atoms with van der Waals surface area (Å²) in [6.07, 6.45) is 4.05. The zero-order chi connectivity index (χ0) is 18.8. The Morgan fingerprint density at radius 3 is 2.63 bits per heavy atom. The van der Waals surface area contributed by atoms with E-state index >= 15 is 0 Å². The number of carbonyl (C=O) groups is 2. The van der Waals surface area contributed by atoms with E-state index in [0.29, 0.717) is 18.7 Å². The Labute approximate surface area is 157 Å². The highest BCUT2D eigenvalue weighted by molar-refractivity contribution is 5.94. The molecule has 0 unspecified atom stereocenters. The molecule has 0 bridgehead atoms. The fourth-order valence-corrected chi connectivity index (χ4v) is 3.58. The van der Waals surface area contributed by atoms with Crippen LogP contribution in [0.5, 0.6) is 0 Å². The van der Waals surface area contributed by atoms with Crippen LogP contribution in [-0.4, -0.2) is 33.0 Å². The maximum absolute atomic E-state index is 13.0. The molecule has 27 heavy (non-hydrogen) atoms. The van der Waals surface area contributed by atoms with Crippen LogP contribution in [0, 0.1) is 11.7 Å². The Kier molecular flexibility index (Phi) is 4.92. The van der Waals surface area contributed by atoms with E-state index in [2.05, 4.69) is 10.4 Å². The summed E-state index contributed by atoms with van der Waals surface area (Å²) in [6, 6.07) is 7.40. The van der Waals surface area contributed by atoms with E-state index < -0.39 is 0 Å². The summed E-state index contributed by atoms with van der Waals surface area (Å²) in [4.78, 5) is 26.7. The standard InChI is InChI=1S/C20H23FN4O2/c21-16-7-5-14(6-8-16)19(26)22-12-17-11-18-13-24(9-2-10-25(18)23-17)20(27)15-3-1-4-15/h5-8,11,15H,1-4,9-10,12-13H2,(H,22,26). The van der Waals surface area contributed by atoms with Gasteiger partial charge < -0.3 is 10.2 Å². The number of hydrogen-bond acceptors (Lipinski definition) is 3. The SMILES string of the molecule is O=C(NCc1cc2n(n1)CCCN(C(=O)C1CCC1)C2)c1ccc(F)cc1. The second kappa shape index (κ2) is 7.50. The highest BCUT2D eigenvalue weighted by Crippen LogP contribution is 2.29. The lowest BCUT2D eigenvalue weighted by Crippen LogP contribution is -2.38. The predicted molar refractivity (Wildman–Crippen MR) is 97.2 cm³/mol. The van der Waals surface area contributed by atoms with Crippen LogP contribution >= 0.6 is 0 Å². The first kappa shape index (κ1) is 17.7. The molecule has 0 saturated heterocycles. The first-order valence-corrected chi connectivity index (χ1v) is 9.48. The second-order valence-electron chi connectivity index (χ2n) is 7.28. The van der Waals surface area contributed by atoms with Crippen molar-refractivity contribution in [3.05, 3.63) is 53.1 Å². The third kappa shape index (κ3) is 3.86. The Morgan fingerprint density at radius 1 is 1.15 bits per heavy atom. The summed E-state index contributed by atoms with van der Waals surface area (Å²) in [7, 11) is 0. The van der Waals surface area contributed by atoms with Crippen LogP contribution in [0.2, 0.25) is 0 Å². The van der Waals surface area contributed by atoms with Crippen molar-refractivity contribution in [2.45, 2.75) is 45.3 Å². The molecule has 1 saturated carbocycles. The summed E-state index contributed by atoms with van der Waals surface area (Å²) in [6.45, 7) is 2.42. The van der Waals surface area contributed by atoms with Crippen LogP contribution in [0.25, 0.3) is 0 Å². The Bertz CT molecular complexity index is 842. The monoisotopic (exact) mass is 370 g/mol. The van der Waals surface area contributed by atoms with Crippen molar-refractivity contribution in [2.75, 3.05) is 6.54 Å². The lowest BCUT2D eigenvalue weighted by atomic mass is 9.84. The fraction of sp³-hybridized carbons (Fsp3) is 0.450. The number of nitrogens with zero attached hydrogens (tertiary/aromatic N) is 3. The van der Waals surface area contributed by atoms with Gasteiger partial charge in [0, 0.05) is 24.6 Å². The highest BCUT2D eigenvalue weighted by atomic mass is 19.1. The van der Waals surface area contributed by atoms with E-state index in [9.17, 15) is 14.0 Å². The molecule has 2 aliphatic rings. The maximum atomic E-state index is 13.0. The molecule has 2 heterocycles. The molecule has 0 spiro atoms. The number of benzene rings is 1. The van der Waals surface area contributed by atoms with Crippen molar-refractivity contribution in [1.82, 2.24) is 20.0 Å². The van der Waals surface area contributed by atoms with Gasteiger partial charge in [-0.05, 0) is 49.6 Å². The van der Waals surface area contributed by atoms with Crippen molar-refractivity contribution < 1.29 is 14.0 Å². The molecule has 2 amide bonds. The van der Waals surface area contributed by atoms with Gasteiger partial charge in [0.15, 0.2) is 0 Å². The minimum atomic E-state index is -0.370. The van der Waals surface area contributed by atoms with Crippen LogP contribution in [0.15, 0.2) is 30.3 Å². The molecule has 7 heteroatoms. The molecule has 1 aromatic heterocycles. The minimum absolute atomic E-state index is 0.203. The summed E-state index contributed by atoms with van der Waals surface area (Å²) in [5.41, 5.74) is 2.18. The lowest BCUT2D eigenvalue weighted by molar-refractivity contribution is -0.138. The van der Waals surface area contributed by atoms with Crippen LogP contribution in [0.3, 0.4) is 0 Å². The average molecular weight is 370 g/mol. The number of rotatable bonds is 4. The Morgan fingerprint density at radius 2 is 1.93 bits per heavy atom. The van der Waals surface area contributed by atoms with Gasteiger partial charge in [-0.25, -0.2) is 4.39 Å². The molecular weight excluding hydrogens is 347 g/mol. The summed E-state index contributed by atoms with van der Waals surface area (Å²) in [5, 5.41) is 7.38. The van der Waals surface area contributed by atoms with Crippen LogP contribution in [0.4, 0.5) is 4.39 Å². The number of nitrogens with one attached hydrogen (secondary N) is 1. The minimum Gasteiger partial charge on any atom is -0.346 e. The molecule has 0 radical (unpaired) electrons. The van der Waals surface area contributed by atoms with Gasteiger partial charge in [-0.2, -0.15) is 5.10 Å². The first-order chi connectivity index (χ1) is 13.1. The molecule has 1 aromatic carbocycles. The molecule has 1 aliphatic carbocycles. The number of aryl methyl sites for hydroxylation is 1. The van der Waals surface area contributed by atoms with Crippen molar-refractivity contribution in [1.29, 1.82) is 0 Å². The number of amides is 2. The van der Waals surface area contributed by atoms with Gasteiger partial charge in [-0.3, -0.25) is 14.3 Å².